The van der Waals surface area contributed by atoms with Crippen LogP contribution in [0.25, 0.3) is 0 Å². The summed E-state index contributed by atoms with van der Waals surface area (Å²) >= 11 is 1.38. The normalized spacial score (nSPS) is 19.1. The second-order valence-corrected chi connectivity index (χ2v) is 5.85. The molecule has 1 unspecified atom stereocenters. The number of hydrogen-bond donors (Lipinski definition) is 2. The predicted molar refractivity (Wildman–Crippen MR) is 75.6 cm³/mol. The van der Waals surface area contributed by atoms with Crippen molar-refractivity contribution >= 4 is 23.2 Å². The molecule has 6 nitrogen and oxygen atoms in total. The average Bonchev–Trinajstić information content (AvgIpc) is 2.93. The van der Waals surface area contributed by atoms with Crippen LogP contribution in [0.5, 0.6) is 0 Å². The molecule has 0 spiro atoms. The molecule has 1 aromatic rings. The van der Waals surface area contributed by atoms with E-state index in [-0.39, 0.29) is 18.4 Å². The van der Waals surface area contributed by atoms with Crippen LogP contribution in [0.15, 0.2) is 5.38 Å². The minimum absolute atomic E-state index is 0.00961. The quantitative estimate of drug-likeness (QED) is 0.857. The number of likely N-dealkylation sites (tertiary alicyclic amines) is 1. The van der Waals surface area contributed by atoms with Gasteiger partial charge >= 0.3 is 5.97 Å². The first-order valence-electron chi connectivity index (χ1n) is 6.79. The Hall–Kier alpha value is -1.47. The molecule has 0 radical (unpaired) electrons. The van der Waals surface area contributed by atoms with Crippen molar-refractivity contribution < 1.29 is 14.7 Å². The number of piperidine rings is 1. The van der Waals surface area contributed by atoms with Crippen LogP contribution >= 0.6 is 11.3 Å². The summed E-state index contributed by atoms with van der Waals surface area (Å²) in [5.41, 5.74) is 5.94. The number of hydrogen-bond acceptors (Lipinski definition) is 5. The van der Waals surface area contributed by atoms with Gasteiger partial charge in [-0.2, -0.15) is 0 Å². The van der Waals surface area contributed by atoms with E-state index in [1.54, 1.807) is 10.3 Å². The van der Waals surface area contributed by atoms with Crippen LogP contribution in [0.4, 0.5) is 0 Å². The summed E-state index contributed by atoms with van der Waals surface area (Å²) in [6, 6.07) is 0.00961. The molecule has 1 atom stereocenters. The molecule has 0 saturated carbocycles. The van der Waals surface area contributed by atoms with E-state index in [2.05, 4.69) is 4.98 Å². The molecule has 7 heteroatoms. The molecule has 1 amide bonds. The van der Waals surface area contributed by atoms with Crippen molar-refractivity contribution in [2.75, 3.05) is 6.54 Å². The fourth-order valence-electron chi connectivity index (χ4n) is 2.51. The Labute approximate surface area is 121 Å². The Morgan fingerprint density at radius 1 is 1.50 bits per heavy atom. The highest BCUT2D eigenvalue weighted by molar-refractivity contribution is 7.09. The SMILES string of the molecule is NCc1nc(C(=O)N2CCCCC2CCC(=O)O)cs1. The molecule has 20 heavy (non-hydrogen) atoms. The molecule has 1 saturated heterocycles. The van der Waals surface area contributed by atoms with Gasteiger partial charge in [0.15, 0.2) is 0 Å². The maximum atomic E-state index is 12.5. The summed E-state index contributed by atoms with van der Waals surface area (Å²) in [5, 5.41) is 11.3. The molecule has 3 N–H and O–H groups in total. The largest absolute Gasteiger partial charge is 0.481 e. The minimum atomic E-state index is -0.818. The third kappa shape index (κ3) is 3.55. The average molecular weight is 297 g/mol. The van der Waals surface area contributed by atoms with Gasteiger partial charge in [-0.15, -0.1) is 11.3 Å². The van der Waals surface area contributed by atoms with Crippen LogP contribution in [0.1, 0.15) is 47.6 Å². The fourth-order valence-corrected chi connectivity index (χ4v) is 3.16. The number of carbonyl (C=O) groups excluding carboxylic acids is 1. The van der Waals surface area contributed by atoms with Crippen molar-refractivity contribution in [1.29, 1.82) is 0 Å². The first-order chi connectivity index (χ1) is 9.61. The van der Waals surface area contributed by atoms with Crippen LogP contribution in [-0.2, 0) is 11.3 Å². The summed E-state index contributed by atoms with van der Waals surface area (Å²) in [7, 11) is 0. The summed E-state index contributed by atoms with van der Waals surface area (Å²) in [5.74, 6) is -0.918. The van der Waals surface area contributed by atoms with E-state index in [9.17, 15) is 9.59 Å². The molecule has 1 aromatic heterocycles. The van der Waals surface area contributed by atoms with Gasteiger partial charge in [0.25, 0.3) is 5.91 Å². The molecule has 2 heterocycles. The molecule has 0 aromatic carbocycles. The predicted octanol–water partition coefficient (Wildman–Crippen LogP) is 1.46. The van der Waals surface area contributed by atoms with Crippen molar-refractivity contribution in [3.05, 3.63) is 16.1 Å². The van der Waals surface area contributed by atoms with Gasteiger partial charge in [0.1, 0.15) is 10.7 Å². The van der Waals surface area contributed by atoms with Crippen molar-refractivity contribution in [1.82, 2.24) is 9.88 Å². The number of aromatic nitrogens is 1. The number of amides is 1. The summed E-state index contributed by atoms with van der Waals surface area (Å²) in [6.07, 6.45) is 3.48. The summed E-state index contributed by atoms with van der Waals surface area (Å²) in [4.78, 5) is 29.2. The number of carbonyl (C=O) groups is 2. The lowest BCUT2D eigenvalue weighted by Gasteiger charge is -2.35. The molecule has 0 bridgehead atoms. The fraction of sp³-hybridized carbons (Fsp3) is 0.615. The van der Waals surface area contributed by atoms with Gasteiger partial charge in [-0.25, -0.2) is 4.98 Å². The highest BCUT2D eigenvalue weighted by atomic mass is 32.1. The van der Waals surface area contributed by atoms with Crippen molar-refractivity contribution in [2.24, 2.45) is 5.73 Å². The zero-order valence-electron chi connectivity index (χ0n) is 11.2. The Morgan fingerprint density at radius 2 is 2.30 bits per heavy atom. The number of nitrogens with two attached hydrogens (primary N) is 1. The first-order valence-corrected chi connectivity index (χ1v) is 7.67. The van der Waals surface area contributed by atoms with E-state index in [1.807, 2.05) is 0 Å². The number of rotatable bonds is 5. The van der Waals surface area contributed by atoms with E-state index in [0.717, 1.165) is 24.3 Å². The molecule has 2 rings (SSSR count). The smallest absolute Gasteiger partial charge is 0.303 e. The van der Waals surface area contributed by atoms with Crippen LogP contribution in [-0.4, -0.2) is 39.5 Å². The van der Waals surface area contributed by atoms with Gasteiger partial charge < -0.3 is 15.7 Å². The van der Waals surface area contributed by atoms with Gasteiger partial charge in [-0.3, -0.25) is 9.59 Å². The number of aliphatic carboxylic acids is 1. The molecule has 1 aliphatic rings. The van der Waals surface area contributed by atoms with E-state index >= 15 is 0 Å². The highest BCUT2D eigenvalue weighted by Gasteiger charge is 2.28. The van der Waals surface area contributed by atoms with E-state index < -0.39 is 5.97 Å². The minimum Gasteiger partial charge on any atom is -0.481 e. The zero-order valence-corrected chi connectivity index (χ0v) is 12.1. The van der Waals surface area contributed by atoms with Crippen molar-refractivity contribution in [2.45, 2.75) is 44.7 Å². The van der Waals surface area contributed by atoms with E-state index in [4.69, 9.17) is 10.8 Å². The van der Waals surface area contributed by atoms with Crippen LogP contribution < -0.4 is 5.73 Å². The lowest BCUT2D eigenvalue weighted by atomic mass is 9.97. The Morgan fingerprint density at radius 3 is 2.95 bits per heavy atom. The van der Waals surface area contributed by atoms with Crippen LogP contribution in [0.3, 0.4) is 0 Å². The molecular weight excluding hydrogens is 278 g/mol. The lowest BCUT2D eigenvalue weighted by Crippen LogP contribution is -2.44. The zero-order chi connectivity index (χ0) is 14.5. The maximum absolute atomic E-state index is 12.5. The Balaban J connectivity index is 2.06. The number of carboxylic acid groups (broad SMARTS) is 1. The van der Waals surface area contributed by atoms with Gasteiger partial charge in [0.2, 0.25) is 0 Å². The van der Waals surface area contributed by atoms with Crippen LogP contribution in [0.2, 0.25) is 0 Å². The number of carboxylic acids is 1. The maximum Gasteiger partial charge on any atom is 0.303 e. The molecule has 1 fully saturated rings. The first kappa shape index (κ1) is 14.9. The lowest BCUT2D eigenvalue weighted by molar-refractivity contribution is -0.137. The topological polar surface area (TPSA) is 96.5 Å². The summed E-state index contributed by atoms with van der Waals surface area (Å²) in [6.45, 7) is 1.01. The summed E-state index contributed by atoms with van der Waals surface area (Å²) < 4.78 is 0. The van der Waals surface area contributed by atoms with Gasteiger partial charge in [-0.05, 0) is 25.7 Å². The van der Waals surface area contributed by atoms with Gasteiger partial charge in [0, 0.05) is 30.9 Å². The Bertz CT molecular complexity index is 489. The van der Waals surface area contributed by atoms with Crippen molar-refractivity contribution in [3.8, 4) is 0 Å². The molecular formula is C13H19N3O3S. The monoisotopic (exact) mass is 297 g/mol. The van der Waals surface area contributed by atoms with Gasteiger partial charge in [-0.1, -0.05) is 0 Å². The van der Waals surface area contributed by atoms with Crippen molar-refractivity contribution in [3.63, 3.8) is 0 Å². The third-order valence-electron chi connectivity index (χ3n) is 3.52. The van der Waals surface area contributed by atoms with Gasteiger partial charge in [0.05, 0.1) is 0 Å². The highest BCUT2D eigenvalue weighted by Crippen LogP contribution is 2.23. The number of nitrogens with zero attached hydrogens (tertiary/aromatic N) is 2. The van der Waals surface area contributed by atoms with Crippen LogP contribution in [0, 0.1) is 0 Å². The number of thiazole rings is 1. The van der Waals surface area contributed by atoms with E-state index in [1.165, 1.54) is 11.3 Å². The molecule has 1 aliphatic heterocycles. The Kier molecular flexibility index (Phi) is 5.08. The molecule has 0 aliphatic carbocycles. The standard InChI is InChI=1S/C13H19N3O3S/c14-7-11-15-10(8-20-11)13(19)16-6-2-1-3-9(16)4-5-12(17)18/h8-9H,1-7,14H2,(H,17,18). The van der Waals surface area contributed by atoms with E-state index in [0.29, 0.717) is 25.2 Å². The second kappa shape index (κ2) is 6.81. The molecule has 110 valence electrons. The second-order valence-electron chi connectivity index (χ2n) is 4.91. The third-order valence-corrected chi connectivity index (χ3v) is 4.40.